The summed E-state index contributed by atoms with van der Waals surface area (Å²) in [5, 5.41) is 0. The van der Waals surface area contributed by atoms with E-state index in [1.165, 1.54) is 6.08 Å². The highest BCUT2D eigenvalue weighted by atomic mass is 19.4. The molecule has 0 spiro atoms. The number of nitrogen functional groups attached to an aromatic ring is 2. The van der Waals surface area contributed by atoms with Crippen LogP contribution in [-0.2, 0) is 34.8 Å². The van der Waals surface area contributed by atoms with Crippen LogP contribution in [0.2, 0.25) is 0 Å². The van der Waals surface area contributed by atoms with E-state index >= 15 is 0 Å². The van der Waals surface area contributed by atoms with Crippen LogP contribution in [0.25, 0.3) is 33.5 Å². The maximum absolute atomic E-state index is 13.1. The molecule has 2 aliphatic heterocycles. The number of likely N-dealkylation sites (tertiary alicyclic amines) is 2. The molecule has 4 unspecified atom stereocenters. The average Bonchev–Trinajstić information content (AvgIpc) is 4.53. The van der Waals surface area contributed by atoms with Crippen molar-refractivity contribution in [2.45, 2.75) is 94.8 Å². The Hall–Kier alpha value is -9.26. The lowest BCUT2D eigenvalue weighted by Gasteiger charge is -2.33. The maximum Gasteiger partial charge on any atom is 0.416 e. The number of pyridine rings is 2. The quantitative estimate of drug-likeness (QED) is 0.0536. The molecule has 4 N–H and O–H groups in total. The number of Topliss-reactive ketones (excluding diaryl/α,β-unsaturated/α-hetero) is 2. The number of piperidine rings is 2. The lowest BCUT2D eigenvalue weighted by Crippen LogP contribution is -2.40. The summed E-state index contributed by atoms with van der Waals surface area (Å²) >= 11 is 0. The van der Waals surface area contributed by atoms with E-state index in [9.17, 15) is 45.5 Å². The molecular formula is C59H50F6N12O4. The third-order valence-electron chi connectivity index (χ3n) is 15.7. The number of hydrogen-bond donors (Lipinski definition) is 2. The number of benzene rings is 2. The second kappa shape index (κ2) is 21.1. The number of amides is 2. The summed E-state index contributed by atoms with van der Waals surface area (Å²) in [5.74, 6) is 6.75. The van der Waals surface area contributed by atoms with E-state index in [0.29, 0.717) is 56.3 Å². The fraction of sp³-hybridized carbons (Fsp3) is 0.288. The van der Waals surface area contributed by atoms with Gasteiger partial charge < -0.3 is 21.3 Å². The van der Waals surface area contributed by atoms with Crippen LogP contribution in [0.15, 0.2) is 123 Å². The standard InChI is InChI=1S/C30H25F3N6O2.C29H25F3N6O2/c1-2-3-24(41)39-22-9-8-19(14-22)26(39)29-37-25(27-28(34)36-12-13-38(27)29)18-6-4-17(5-7-18)23(40)16-21-15-20(10-11-35-21)30(31,32)33;1-2-23(40)38-21-8-7-18(13-21)25(38)28-36-24(26-27(33)35-11-12-37(26)28)17-5-3-16(4-6-17)22(39)15-20-14-19(9-10-34-20)29(30,31)32/h4-7,10-13,15,19,22,26H,8-9,14,16H2,1H3,(H2,34,36);2-6,9-12,14,18,21,25H,1,7-8,13,15H2,(H2,33,35)/t19-,22?,26?;18-,21?,25?/m00/s1. The minimum absolute atomic E-state index is 0.0372. The van der Waals surface area contributed by atoms with Gasteiger partial charge in [-0.2, -0.15) is 26.3 Å². The average molecular weight is 1110 g/mol. The molecule has 4 bridgehead atoms. The van der Waals surface area contributed by atoms with Crippen molar-refractivity contribution in [1.29, 1.82) is 0 Å². The first kappa shape index (κ1) is 53.7. The van der Waals surface area contributed by atoms with E-state index in [2.05, 4.69) is 38.4 Å². The van der Waals surface area contributed by atoms with E-state index in [-0.39, 0.29) is 95.2 Å². The van der Waals surface area contributed by atoms with Crippen molar-refractivity contribution >= 4 is 46.0 Å². The smallest absolute Gasteiger partial charge is 0.382 e. The van der Waals surface area contributed by atoms with Gasteiger partial charge in [-0.15, -0.1) is 0 Å². The van der Waals surface area contributed by atoms with Gasteiger partial charge in [-0.1, -0.05) is 61.0 Å². The van der Waals surface area contributed by atoms with Crippen molar-refractivity contribution < 1.29 is 45.5 Å². The van der Waals surface area contributed by atoms with Crippen LogP contribution in [0.3, 0.4) is 0 Å². The normalized spacial score (nSPS) is 20.0. The van der Waals surface area contributed by atoms with Gasteiger partial charge in [-0.05, 0) is 93.5 Å². The molecule has 8 heterocycles. The fourth-order valence-corrected chi connectivity index (χ4v) is 12.2. The van der Waals surface area contributed by atoms with Crippen LogP contribution in [0.1, 0.15) is 112 Å². The van der Waals surface area contributed by atoms with Gasteiger partial charge in [0.1, 0.15) is 45.7 Å². The number of carbonyl (C=O) groups excluding carboxylic acids is 4. The topological polar surface area (TPSA) is 213 Å². The molecule has 412 valence electrons. The first-order chi connectivity index (χ1) is 38.8. The van der Waals surface area contributed by atoms with Crippen molar-refractivity contribution in [2.75, 3.05) is 11.5 Å². The number of rotatable bonds is 11. The Morgan fingerprint density at radius 2 is 1.05 bits per heavy atom. The Labute approximate surface area is 459 Å². The van der Waals surface area contributed by atoms with Crippen LogP contribution in [0.5, 0.6) is 0 Å². The SMILES string of the molecule is C=CC(=O)N1C2CC[C@@H](C2)C1c1nc(-c2ccc(C(=O)Cc3cc(C(F)(F)F)ccn3)cc2)c2c(N)nccn12.CC#CC(=O)N1C2CC[C@@H](C2)C1c1nc(-c2ccc(C(=O)Cc3cc(C(F)(F)F)ccn3)cc2)c2c(N)nccn12. The molecule has 2 saturated heterocycles. The first-order valence-electron chi connectivity index (χ1n) is 26.1. The Balaban J connectivity index is 0.000000170. The Kier molecular flexibility index (Phi) is 14.0. The molecule has 2 saturated carbocycles. The van der Waals surface area contributed by atoms with Crippen LogP contribution in [0.4, 0.5) is 38.0 Å². The molecule has 2 amide bonds. The minimum Gasteiger partial charge on any atom is -0.382 e. The van der Waals surface area contributed by atoms with Crippen molar-refractivity contribution in [1.82, 2.24) is 48.5 Å². The summed E-state index contributed by atoms with van der Waals surface area (Å²) in [6.45, 7) is 5.32. The number of anilines is 2. The number of halogens is 6. The molecular weight excluding hydrogens is 1050 g/mol. The van der Waals surface area contributed by atoms with Crippen LogP contribution in [0, 0.1) is 23.7 Å². The molecule has 6 aromatic heterocycles. The Morgan fingerprint density at radius 3 is 1.47 bits per heavy atom. The van der Waals surface area contributed by atoms with Crippen molar-refractivity contribution in [3.05, 3.63) is 168 Å². The highest BCUT2D eigenvalue weighted by Crippen LogP contribution is 2.52. The molecule has 8 aromatic rings. The maximum atomic E-state index is 13.1. The van der Waals surface area contributed by atoms with Crippen LogP contribution in [-0.4, -0.2) is 84.0 Å². The van der Waals surface area contributed by atoms with Gasteiger partial charge in [-0.25, -0.2) is 19.9 Å². The molecule has 4 aliphatic rings. The summed E-state index contributed by atoms with van der Waals surface area (Å²) < 4.78 is 82.0. The number of aromatic nitrogens is 8. The predicted molar refractivity (Wildman–Crippen MR) is 285 cm³/mol. The molecule has 2 aromatic carbocycles. The summed E-state index contributed by atoms with van der Waals surface area (Å²) in [5.41, 5.74) is 15.3. The summed E-state index contributed by atoms with van der Waals surface area (Å²) in [6, 6.07) is 16.6. The van der Waals surface area contributed by atoms with Gasteiger partial charge in [0.2, 0.25) is 5.91 Å². The van der Waals surface area contributed by atoms with E-state index < -0.39 is 23.5 Å². The van der Waals surface area contributed by atoms with E-state index in [0.717, 1.165) is 75.2 Å². The van der Waals surface area contributed by atoms with Crippen LogP contribution < -0.4 is 11.5 Å². The molecule has 4 fully saturated rings. The minimum atomic E-state index is -4.52. The zero-order chi connectivity index (χ0) is 57.1. The first-order valence-corrected chi connectivity index (χ1v) is 26.1. The largest absolute Gasteiger partial charge is 0.416 e. The summed E-state index contributed by atoms with van der Waals surface area (Å²) in [7, 11) is 0. The van der Waals surface area contributed by atoms with Gasteiger partial charge in [-0.3, -0.25) is 37.9 Å². The van der Waals surface area contributed by atoms with Gasteiger partial charge >= 0.3 is 12.4 Å². The van der Waals surface area contributed by atoms with Gasteiger partial charge in [0.25, 0.3) is 5.91 Å². The summed E-state index contributed by atoms with van der Waals surface area (Å²) in [4.78, 5) is 81.6. The molecule has 0 radical (unpaired) electrons. The Bertz CT molecular complexity index is 3880. The van der Waals surface area contributed by atoms with Crippen molar-refractivity contribution in [3.8, 4) is 34.4 Å². The monoisotopic (exact) mass is 1100 g/mol. The van der Waals surface area contributed by atoms with Gasteiger partial charge in [0.05, 0.1) is 36.1 Å². The lowest BCUT2D eigenvalue weighted by molar-refractivity contribution is -0.138. The highest BCUT2D eigenvalue weighted by Gasteiger charge is 2.51. The predicted octanol–water partition coefficient (Wildman–Crippen LogP) is 9.95. The third kappa shape index (κ3) is 10.1. The van der Waals surface area contributed by atoms with E-state index in [1.807, 2.05) is 18.6 Å². The zero-order valence-corrected chi connectivity index (χ0v) is 43.3. The number of nitrogens with two attached hydrogens (primary N) is 2. The van der Waals surface area contributed by atoms with Crippen molar-refractivity contribution in [3.63, 3.8) is 0 Å². The molecule has 2 aliphatic carbocycles. The fourth-order valence-electron chi connectivity index (χ4n) is 12.2. The third-order valence-corrected chi connectivity index (χ3v) is 15.7. The lowest BCUT2D eigenvalue weighted by atomic mass is 9.97. The summed E-state index contributed by atoms with van der Waals surface area (Å²) in [6.07, 6.45) is 6.27. The molecule has 6 atom stereocenters. The molecule has 22 heteroatoms. The number of imidazole rings is 2. The number of nitrogens with zero attached hydrogens (tertiary/aromatic N) is 10. The second-order valence-corrected chi connectivity index (χ2v) is 20.5. The van der Waals surface area contributed by atoms with Gasteiger partial charge in [0, 0.05) is 82.9 Å². The number of ketones is 2. The highest BCUT2D eigenvalue weighted by molar-refractivity contribution is 5.99. The molecule has 12 rings (SSSR count). The van der Waals surface area contributed by atoms with Crippen molar-refractivity contribution in [2.24, 2.45) is 11.8 Å². The number of carbonyl (C=O) groups is 4. The number of fused-ring (bicyclic) bond motifs is 6. The molecule has 16 nitrogen and oxygen atoms in total. The Morgan fingerprint density at radius 1 is 0.617 bits per heavy atom. The van der Waals surface area contributed by atoms with E-state index in [4.69, 9.17) is 21.4 Å². The van der Waals surface area contributed by atoms with Gasteiger partial charge in [0.15, 0.2) is 11.6 Å². The number of alkyl halides is 6. The molecule has 81 heavy (non-hydrogen) atoms. The van der Waals surface area contributed by atoms with E-state index in [1.54, 1.807) is 80.2 Å². The number of hydrogen-bond acceptors (Lipinski definition) is 12. The van der Waals surface area contributed by atoms with Crippen LogP contribution >= 0.6 is 0 Å². The second-order valence-electron chi connectivity index (χ2n) is 20.5. The zero-order valence-electron chi connectivity index (χ0n) is 43.3.